The highest BCUT2D eigenvalue weighted by Gasteiger charge is 2.38. The van der Waals surface area contributed by atoms with Gasteiger partial charge < -0.3 is 15.8 Å². The summed E-state index contributed by atoms with van der Waals surface area (Å²) in [5.41, 5.74) is 7.16. The predicted octanol–water partition coefficient (Wildman–Crippen LogP) is 3.95. The molecule has 1 fully saturated rings. The van der Waals surface area contributed by atoms with Crippen molar-refractivity contribution in [2.75, 3.05) is 26.7 Å². The van der Waals surface area contributed by atoms with E-state index in [4.69, 9.17) is 10.5 Å². The fraction of sp³-hybridized carbons (Fsp3) is 0.667. The monoisotopic (exact) mass is 433 g/mol. The van der Waals surface area contributed by atoms with Crippen LogP contribution in [0.4, 0.5) is 0 Å². The van der Waals surface area contributed by atoms with E-state index in [1.54, 1.807) is 7.11 Å². The quantitative estimate of drug-likeness (QED) is 0.650. The maximum absolute atomic E-state index is 12.8. The third-order valence-corrected chi connectivity index (χ3v) is 5.77. The van der Waals surface area contributed by atoms with Crippen LogP contribution in [0.2, 0.25) is 0 Å². The summed E-state index contributed by atoms with van der Waals surface area (Å²) in [6, 6.07) is 8.23. The van der Waals surface area contributed by atoms with Gasteiger partial charge in [0.2, 0.25) is 5.91 Å². The van der Waals surface area contributed by atoms with E-state index in [1.165, 1.54) is 0 Å². The average Bonchev–Trinajstić information content (AvgIpc) is 2.64. The summed E-state index contributed by atoms with van der Waals surface area (Å²) in [6.45, 7) is 8.74. The Balaban J connectivity index is 0.00000364. The van der Waals surface area contributed by atoms with Gasteiger partial charge in [-0.25, -0.2) is 0 Å². The normalized spacial score (nSPS) is 22.6. The van der Waals surface area contributed by atoms with Gasteiger partial charge in [0.15, 0.2) is 0 Å². The van der Waals surface area contributed by atoms with Crippen LogP contribution in [0.25, 0.3) is 0 Å². The Labute approximate surface area is 182 Å². The lowest BCUT2D eigenvalue weighted by molar-refractivity contribution is -0.128. The molecule has 3 N–H and O–H groups in total. The molecule has 1 aromatic rings. The van der Waals surface area contributed by atoms with E-state index in [-0.39, 0.29) is 42.7 Å². The van der Waals surface area contributed by atoms with Crippen LogP contribution >= 0.6 is 24.8 Å². The van der Waals surface area contributed by atoms with Gasteiger partial charge in [-0.3, -0.25) is 9.69 Å². The Morgan fingerprint density at radius 1 is 1.32 bits per heavy atom. The Hall–Kier alpha value is -1.01. The Bertz CT molecular complexity index is 595. The molecular weight excluding hydrogens is 397 g/mol. The molecule has 1 aliphatic rings. The van der Waals surface area contributed by atoms with E-state index < -0.39 is 5.54 Å². The molecule has 3 atom stereocenters. The molecule has 0 aromatic heterocycles. The number of likely N-dealkylation sites (N-methyl/N-ethyl adjacent to an activating group) is 1. The second-order valence-electron chi connectivity index (χ2n) is 7.56. The third-order valence-electron chi connectivity index (χ3n) is 5.77. The van der Waals surface area contributed by atoms with Gasteiger partial charge >= 0.3 is 0 Å². The molecular formula is C21H37Cl2N3O2. The van der Waals surface area contributed by atoms with Crippen molar-refractivity contribution in [3.8, 4) is 5.75 Å². The number of nitrogens with one attached hydrogen (secondary N) is 1. The molecule has 1 saturated carbocycles. The molecule has 0 spiro atoms. The molecule has 162 valence electrons. The van der Waals surface area contributed by atoms with Crippen LogP contribution in [0, 0.1) is 5.92 Å². The first-order chi connectivity index (χ1) is 12.4. The number of amides is 1. The summed E-state index contributed by atoms with van der Waals surface area (Å²) in [6.07, 6.45) is 4.00. The second kappa shape index (κ2) is 12.5. The summed E-state index contributed by atoms with van der Waals surface area (Å²) in [5, 5.41) is 3.19. The number of hydrogen-bond donors (Lipinski definition) is 2. The molecule has 0 aliphatic heterocycles. The Kier molecular flexibility index (Phi) is 12.1. The van der Waals surface area contributed by atoms with Gasteiger partial charge in [0, 0.05) is 12.1 Å². The van der Waals surface area contributed by atoms with Crippen molar-refractivity contribution >= 4 is 30.7 Å². The number of rotatable bonds is 8. The van der Waals surface area contributed by atoms with Crippen LogP contribution in [0.15, 0.2) is 24.3 Å². The standard InChI is InChI=1S/C21H35N3O2.2ClH/c1-5-24(6-2)19(16-10-9-11-17(14-16)26-4)15-23-20(25)18-12-7-8-13-21(18,3)22;;/h9-11,14,18-19H,5-8,12-13,15,22H2,1-4H3,(H,23,25);2*1H. The topological polar surface area (TPSA) is 67.6 Å². The fourth-order valence-electron chi connectivity index (χ4n) is 4.08. The lowest BCUT2D eigenvalue weighted by Crippen LogP contribution is -2.53. The molecule has 1 amide bonds. The molecule has 7 heteroatoms. The van der Waals surface area contributed by atoms with Crippen LogP contribution in [0.3, 0.4) is 0 Å². The van der Waals surface area contributed by atoms with Gasteiger partial charge in [-0.05, 0) is 50.6 Å². The Morgan fingerprint density at radius 3 is 2.57 bits per heavy atom. The summed E-state index contributed by atoms with van der Waals surface area (Å²) in [4.78, 5) is 15.2. The van der Waals surface area contributed by atoms with E-state index in [2.05, 4.69) is 36.2 Å². The van der Waals surface area contributed by atoms with Crippen molar-refractivity contribution in [2.24, 2.45) is 11.7 Å². The highest BCUT2D eigenvalue weighted by Crippen LogP contribution is 2.32. The molecule has 5 nitrogen and oxygen atoms in total. The Morgan fingerprint density at radius 2 is 2.00 bits per heavy atom. The lowest BCUT2D eigenvalue weighted by Gasteiger charge is -2.38. The van der Waals surface area contributed by atoms with Crippen molar-refractivity contribution in [1.82, 2.24) is 10.2 Å². The molecule has 0 radical (unpaired) electrons. The number of benzene rings is 1. The molecule has 0 saturated heterocycles. The summed E-state index contributed by atoms with van der Waals surface area (Å²) < 4.78 is 5.38. The van der Waals surface area contributed by atoms with Crippen molar-refractivity contribution in [3.05, 3.63) is 29.8 Å². The predicted molar refractivity (Wildman–Crippen MR) is 121 cm³/mol. The molecule has 2 rings (SSSR count). The van der Waals surface area contributed by atoms with Crippen molar-refractivity contribution in [3.63, 3.8) is 0 Å². The first-order valence-electron chi connectivity index (χ1n) is 9.87. The number of nitrogens with zero attached hydrogens (tertiary/aromatic N) is 1. The SMILES string of the molecule is CCN(CC)C(CNC(=O)C1CCCCC1(C)N)c1cccc(OC)c1.Cl.Cl. The average molecular weight is 434 g/mol. The molecule has 1 aliphatic carbocycles. The first kappa shape index (κ1) is 27.0. The van der Waals surface area contributed by atoms with Gasteiger partial charge in [0.05, 0.1) is 19.1 Å². The van der Waals surface area contributed by atoms with Crippen molar-refractivity contribution in [2.45, 2.75) is 58.0 Å². The van der Waals surface area contributed by atoms with E-state index >= 15 is 0 Å². The molecule has 1 aromatic carbocycles. The second-order valence-corrected chi connectivity index (χ2v) is 7.56. The number of nitrogens with two attached hydrogens (primary N) is 1. The number of carbonyl (C=O) groups is 1. The molecule has 3 unspecified atom stereocenters. The number of carbonyl (C=O) groups excluding carboxylic acids is 1. The highest BCUT2D eigenvalue weighted by atomic mass is 35.5. The number of ether oxygens (including phenoxy) is 1. The fourth-order valence-corrected chi connectivity index (χ4v) is 4.08. The zero-order valence-electron chi connectivity index (χ0n) is 17.6. The zero-order valence-corrected chi connectivity index (χ0v) is 19.2. The lowest BCUT2D eigenvalue weighted by atomic mass is 9.74. The van der Waals surface area contributed by atoms with Gasteiger partial charge in [-0.15, -0.1) is 24.8 Å². The minimum atomic E-state index is -0.400. The van der Waals surface area contributed by atoms with E-state index in [9.17, 15) is 4.79 Å². The molecule has 28 heavy (non-hydrogen) atoms. The van der Waals surface area contributed by atoms with Gasteiger partial charge in [-0.2, -0.15) is 0 Å². The largest absolute Gasteiger partial charge is 0.497 e. The van der Waals surface area contributed by atoms with Gasteiger partial charge in [0.1, 0.15) is 5.75 Å². The molecule has 0 bridgehead atoms. The van der Waals surface area contributed by atoms with Gasteiger partial charge in [-0.1, -0.05) is 38.8 Å². The number of halogens is 2. The van der Waals surface area contributed by atoms with Gasteiger partial charge in [0.25, 0.3) is 0 Å². The van der Waals surface area contributed by atoms with Crippen LogP contribution < -0.4 is 15.8 Å². The van der Waals surface area contributed by atoms with Crippen molar-refractivity contribution in [1.29, 1.82) is 0 Å². The van der Waals surface area contributed by atoms with E-state index in [0.717, 1.165) is 50.1 Å². The smallest absolute Gasteiger partial charge is 0.225 e. The maximum atomic E-state index is 12.8. The minimum absolute atomic E-state index is 0. The summed E-state index contributed by atoms with van der Waals surface area (Å²) >= 11 is 0. The van der Waals surface area contributed by atoms with Crippen LogP contribution in [-0.2, 0) is 4.79 Å². The van der Waals surface area contributed by atoms with Crippen LogP contribution in [0.1, 0.15) is 58.1 Å². The summed E-state index contributed by atoms with van der Waals surface area (Å²) in [7, 11) is 1.68. The zero-order chi connectivity index (χ0) is 19.2. The van der Waals surface area contributed by atoms with Crippen molar-refractivity contribution < 1.29 is 9.53 Å². The highest BCUT2D eigenvalue weighted by molar-refractivity contribution is 5.85. The van der Waals surface area contributed by atoms with E-state index in [0.29, 0.717) is 6.54 Å². The summed E-state index contributed by atoms with van der Waals surface area (Å²) in [5.74, 6) is 0.835. The first-order valence-corrected chi connectivity index (χ1v) is 9.87. The number of methoxy groups -OCH3 is 1. The minimum Gasteiger partial charge on any atom is -0.497 e. The van der Waals surface area contributed by atoms with Crippen LogP contribution in [0.5, 0.6) is 5.75 Å². The molecule has 0 heterocycles. The van der Waals surface area contributed by atoms with E-state index in [1.807, 2.05) is 19.1 Å². The maximum Gasteiger partial charge on any atom is 0.225 e. The van der Waals surface area contributed by atoms with Crippen LogP contribution in [-0.4, -0.2) is 43.1 Å². The number of hydrogen-bond acceptors (Lipinski definition) is 4. The third kappa shape index (κ3) is 6.80.